The molecule has 36 heavy (non-hydrogen) atoms. The molecule has 1 aliphatic rings. The molecule has 1 saturated heterocycles. The fraction of sp³-hybridized carbons (Fsp3) is 0.115. The number of ketones is 1. The van der Waals surface area contributed by atoms with Crippen molar-refractivity contribution in [1.29, 1.82) is 0 Å². The molecule has 1 aromatic heterocycles. The predicted octanol–water partition coefficient (Wildman–Crippen LogP) is 5.30. The smallest absolute Gasteiger partial charge is 0.301 e. The number of methoxy groups -OCH3 is 2. The number of anilines is 1. The second-order valence-electron chi connectivity index (χ2n) is 7.94. The Labute approximate surface area is 214 Å². The Morgan fingerprint density at radius 3 is 2.44 bits per heavy atom. The maximum absolute atomic E-state index is 13.3. The zero-order valence-electron chi connectivity index (χ0n) is 19.1. The lowest BCUT2D eigenvalue weighted by Gasteiger charge is -2.23. The molecule has 1 fully saturated rings. The van der Waals surface area contributed by atoms with E-state index in [4.69, 9.17) is 21.1 Å². The number of benzene rings is 3. The summed E-state index contributed by atoms with van der Waals surface area (Å²) in [5, 5.41) is 21.6. The fourth-order valence-electron chi connectivity index (χ4n) is 4.09. The van der Waals surface area contributed by atoms with Crippen LogP contribution in [0.2, 0.25) is 5.02 Å². The average Bonchev–Trinajstić information content (AvgIpc) is 3.41. The average molecular weight is 523 g/mol. The molecule has 3 aromatic carbocycles. The fourth-order valence-corrected chi connectivity index (χ4v) is 5.37. The number of thiazole rings is 1. The van der Waals surface area contributed by atoms with Crippen LogP contribution in [0.25, 0.3) is 16.0 Å². The summed E-state index contributed by atoms with van der Waals surface area (Å²) in [6.07, 6.45) is 0. The van der Waals surface area contributed by atoms with Crippen LogP contribution in [0.3, 0.4) is 0 Å². The summed E-state index contributed by atoms with van der Waals surface area (Å²) in [5.41, 5.74) is 1.26. The van der Waals surface area contributed by atoms with Crippen molar-refractivity contribution in [2.75, 3.05) is 19.1 Å². The van der Waals surface area contributed by atoms with Crippen molar-refractivity contribution in [3.63, 3.8) is 0 Å². The molecule has 1 amide bonds. The molecule has 2 heterocycles. The van der Waals surface area contributed by atoms with Crippen LogP contribution in [-0.4, -0.2) is 41.1 Å². The maximum Gasteiger partial charge on any atom is 0.301 e. The van der Waals surface area contributed by atoms with Gasteiger partial charge in [0.25, 0.3) is 5.78 Å². The van der Waals surface area contributed by atoms with E-state index in [1.165, 1.54) is 41.5 Å². The number of halogens is 1. The maximum atomic E-state index is 13.3. The molecule has 4 aromatic rings. The molecular formula is C26H19ClN2O6S. The van der Waals surface area contributed by atoms with Gasteiger partial charge in [-0.25, -0.2) is 4.98 Å². The van der Waals surface area contributed by atoms with Gasteiger partial charge in [0.1, 0.15) is 23.0 Å². The van der Waals surface area contributed by atoms with Gasteiger partial charge >= 0.3 is 5.91 Å². The monoisotopic (exact) mass is 522 g/mol. The van der Waals surface area contributed by atoms with Crippen molar-refractivity contribution in [3.8, 4) is 17.2 Å². The molecule has 2 N–H and O–H groups in total. The highest BCUT2D eigenvalue weighted by Crippen LogP contribution is 2.45. The number of rotatable bonds is 5. The van der Waals surface area contributed by atoms with Crippen molar-refractivity contribution in [1.82, 2.24) is 4.98 Å². The second kappa shape index (κ2) is 9.18. The number of amides is 1. The Morgan fingerprint density at radius 2 is 1.78 bits per heavy atom. The first-order valence-electron chi connectivity index (χ1n) is 10.7. The number of Topliss-reactive ketones (excluding diaryl/α,β-unsaturated/α-hetero) is 1. The second-order valence-corrected chi connectivity index (χ2v) is 9.36. The van der Waals surface area contributed by atoms with Gasteiger partial charge in [-0.15, -0.1) is 0 Å². The Balaban J connectivity index is 1.71. The van der Waals surface area contributed by atoms with Crippen molar-refractivity contribution < 1.29 is 29.3 Å². The minimum Gasteiger partial charge on any atom is -0.508 e. The number of hydrogen-bond donors (Lipinski definition) is 2. The van der Waals surface area contributed by atoms with Crippen LogP contribution in [0, 0.1) is 0 Å². The molecule has 0 spiro atoms. The zero-order chi connectivity index (χ0) is 25.6. The van der Waals surface area contributed by atoms with Crippen LogP contribution in [0.15, 0.2) is 66.2 Å². The normalized spacial score (nSPS) is 17.1. The molecule has 8 nitrogen and oxygen atoms in total. The minimum absolute atomic E-state index is 0.0183. The third-order valence-electron chi connectivity index (χ3n) is 5.87. The summed E-state index contributed by atoms with van der Waals surface area (Å²) in [5.74, 6) is -1.04. The highest BCUT2D eigenvalue weighted by molar-refractivity contribution is 7.22. The quantitative estimate of drug-likeness (QED) is 0.208. The number of aliphatic hydroxyl groups excluding tert-OH is 1. The van der Waals surface area contributed by atoms with Crippen LogP contribution in [0.5, 0.6) is 17.2 Å². The van der Waals surface area contributed by atoms with Gasteiger partial charge in [-0.1, -0.05) is 35.1 Å². The van der Waals surface area contributed by atoms with Crippen molar-refractivity contribution in [2.45, 2.75) is 6.04 Å². The summed E-state index contributed by atoms with van der Waals surface area (Å²) in [6.45, 7) is 0. The van der Waals surface area contributed by atoms with Crippen molar-refractivity contribution >= 4 is 55.7 Å². The molecule has 10 heteroatoms. The third-order valence-corrected chi connectivity index (χ3v) is 7.18. The number of phenols is 1. The van der Waals surface area contributed by atoms with Crippen LogP contribution in [-0.2, 0) is 9.59 Å². The molecule has 1 unspecified atom stereocenters. The molecule has 0 saturated carbocycles. The van der Waals surface area contributed by atoms with Crippen LogP contribution >= 0.6 is 22.9 Å². The minimum atomic E-state index is -0.992. The van der Waals surface area contributed by atoms with E-state index in [1.807, 2.05) is 0 Å². The third kappa shape index (κ3) is 3.92. The molecule has 5 rings (SSSR count). The number of aromatic hydroxyl groups is 1. The Hall–Kier alpha value is -4.08. The van der Waals surface area contributed by atoms with E-state index in [1.54, 1.807) is 49.6 Å². The van der Waals surface area contributed by atoms with E-state index in [0.29, 0.717) is 22.6 Å². The van der Waals surface area contributed by atoms with Crippen molar-refractivity contribution in [3.05, 3.63) is 82.4 Å². The van der Waals surface area contributed by atoms with Crippen LogP contribution < -0.4 is 14.4 Å². The van der Waals surface area contributed by atoms with Gasteiger partial charge in [0.2, 0.25) is 0 Å². The van der Waals surface area contributed by atoms with Gasteiger partial charge in [-0.3, -0.25) is 14.5 Å². The zero-order valence-corrected chi connectivity index (χ0v) is 20.6. The lowest BCUT2D eigenvalue weighted by Crippen LogP contribution is -2.29. The standard InChI is InChI=1S/C26H19ClN2O6S/c1-34-16-8-9-18-20(12-16)36-26(28-18)29-22(13-3-6-15(30)7-4-13)21(24(32)25(29)33)23(31)14-5-10-19(35-2)17(27)11-14/h3-12,22,30-31H,1-2H3/b23-21+. The Morgan fingerprint density at radius 1 is 1.03 bits per heavy atom. The van der Waals surface area contributed by atoms with Gasteiger partial charge in [0.15, 0.2) is 5.13 Å². The highest BCUT2D eigenvalue weighted by atomic mass is 35.5. The summed E-state index contributed by atoms with van der Waals surface area (Å²) >= 11 is 7.46. The number of aliphatic hydroxyl groups is 1. The molecule has 182 valence electrons. The van der Waals surface area contributed by atoms with E-state index in [-0.39, 0.29) is 32.8 Å². The summed E-state index contributed by atoms with van der Waals surface area (Å²) in [6, 6.07) is 15.0. The first-order chi connectivity index (χ1) is 17.3. The van der Waals surface area contributed by atoms with Gasteiger partial charge in [0.05, 0.1) is 41.1 Å². The first kappa shape index (κ1) is 23.7. The number of phenolic OH excluding ortho intramolecular Hbond substituents is 1. The molecule has 0 aliphatic carbocycles. The first-order valence-corrected chi connectivity index (χ1v) is 11.9. The molecular weight excluding hydrogens is 504 g/mol. The highest BCUT2D eigenvalue weighted by Gasteiger charge is 2.48. The number of carbonyl (C=O) groups excluding carboxylic acids is 2. The number of hydrogen-bond acceptors (Lipinski definition) is 8. The number of carbonyl (C=O) groups is 2. The Bertz CT molecular complexity index is 1550. The van der Waals surface area contributed by atoms with E-state index in [9.17, 15) is 19.8 Å². The lowest BCUT2D eigenvalue weighted by molar-refractivity contribution is -0.132. The molecule has 0 radical (unpaired) electrons. The number of ether oxygens (including phenoxy) is 2. The van der Waals surface area contributed by atoms with Crippen LogP contribution in [0.4, 0.5) is 5.13 Å². The molecule has 1 atom stereocenters. The van der Waals surface area contributed by atoms with Crippen molar-refractivity contribution in [2.24, 2.45) is 0 Å². The number of aromatic nitrogens is 1. The summed E-state index contributed by atoms with van der Waals surface area (Å²) < 4.78 is 11.2. The molecule has 0 bridgehead atoms. The van der Waals surface area contributed by atoms with E-state index < -0.39 is 17.7 Å². The van der Waals surface area contributed by atoms with Gasteiger partial charge in [-0.2, -0.15) is 0 Å². The van der Waals surface area contributed by atoms with Gasteiger partial charge < -0.3 is 19.7 Å². The van der Waals surface area contributed by atoms with E-state index in [0.717, 1.165) is 4.70 Å². The van der Waals surface area contributed by atoms with E-state index >= 15 is 0 Å². The predicted molar refractivity (Wildman–Crippen MR) is 137 cm³/mol. The van der Waals surface area contributed by atoms with Gasteiger partial charge in [0, 0.05) is 5.56 Å². The summed E-state index contributed by atoms with van der Waals surface area (Å²) in [7, 11) is 3.02. The van der Waals surface area contributed by atoms with Crippen LogP contribution in [0.1, 0.15) is 17.2 Å². The largest absolute Gasteiger partial charge is 0.508 e. The number of fused-ring (bicyclic) bond motifs is 1. The van der Waals surface area contributed by atoms with Gasteiger partial charge in [-0.05, 0) is 54.1 Å². The number of nitrogens with zero attached hydrogens (tertiary/aromatic N) is 2. The summed E-state index contributed by atoms with van der Waals surface area (Å²) in [4.78, 5) is 32.5. The molecule has 1 aliphatic heterocycles. The topological polar surface area (TPSA) is 109 Å². The Kier molecular flexibility index (Phi) is 6.03. The SMILES string of the molecule is COc1ccc2nc(N3C(=O)C(=O)/C(=C(/O)c4ccc(OC)c(Cl)c4)C3c3ccc(O)cc3)sc2c1. The lowest BCUT2D eigenvalue weighted by atomic mass is 9.95. The van der Waals surface area contributed by atoms with E-state index in [2.05, 4.69) is 4.98 Å².